The second-order valence-electron chi connectivity index (χ2n) is 6.34. The Labute approximate surface area is 118 Å². The molecule has 0 amide bonds. The Bertz CT molecular complexity index is 387. The van der Waals surface area contributed by atoms with E-state index >= 15 is 0 Å². The zero-order valence-corrected chi connectivity index (χ0v) is 12.7. The van der Waals surface area contributed by atoms with E-state index in [2.05, 4.69) is 55.3 Å². The summed E-state index contributed by atoms with van der Waals surface area (Å²) in [6, 6.07) is 8.90. The maximum Gasteiger partial charge on any atom is 0.0398 e. The van der Waals surface area contributed by atoms with Crippen molar-refractivity contribution < 1.29 is 0 Å². The molecule has 0 spiro atoms. The van der Waals surface area contributed by atoms with Gasteiger partial charge in [0, 0.05) is 18.8 Å². The zero-order valence-electron chi connectivity index (χ0n) is 12.7. The third-order valence-corrected chi connectivity index (χ3v) is 3.77. The van der Waals surface area contributed by atoms with Crippen LogP contribution in [0.5, 0.6) is 0 Å². The zero-order chi connectivity index (χ0) is 13.7. The van der Waals surface area contributed by atoms with Crippen molar-refractivity contribution in [1.29, 1.82) is 0 Å². The molecule has 2 rings (SSSR count). The highest BCUT2D eigenvalue weighted by Gasteiger charge is 2.20. The molecule has 2 heteroatoms. The summed E-state index contributed by atoms with van der Waals surface area (Å²) >= 11 is 0. The summed E-state index contributed by atoms with van der Waals surface area (Å²) in [5, 5.41) is 3.53. The summed E-state index contributed by atoms with van der Waals surface area (Å²) < 4.78 is 0. The van der Waals surface area contributed by atoms with Crippen LogP contribution in [-0.2, 0) is 6.42 Å². The van der Waals surface area contributed by atoms with Gasteiger partial charge in [-0.2, -0.15) is 0 Å². The summed E-state index contributed by atoms with van der Waals surface area (Å²) in [6.07, 6.45) is 2.46. The Morgan fingerprint density at radius 3 is 2.89 bits per heavy atom. The van der Waals surface area contributed by atoms with Gasteiger partial charge in [-0.05, 0) is 49.4 Å². The summed E-state index contributed by atoms with van der Waals surface area (Å²) in [7, 11) is 0. The van der Waals surface area contributed by atoms with Crippen LogP contribution in [0.2, 0.25) is 0 Å². The fourth-order valence-electron chi connectivity index (χ4n) is 2.90. The van der Waals surface area contributed by atoms with Gasteiger partial charge in [-0.25, -0.2) is 0 Å². The lowest BCUT2D eigenvalue weighted by Crippen LogP contribution is -2.36. The van der Waals surface area contributed by atoms with Crippen LogP contribution in [0.25, 0.3) is 0 Å². The molecule has 0 aromatic heterocycles. The third-order valence-electron chi connectivity index (χ3n) is 3.77. The van der Waals surface area contributed by atoms with Crippen molar-refractivity contribution in [3.05, 3.63) is 29.8 Å². The van der Waals surface area contributed by atoms with E-state index in [1.807, 2.05) is 0 Å². The molecule has 1 aromatic rings. The summed E-state index contributed by atoms with van der Waals surface area (Å²) in [6.45, 7) is 11.5. The Balaban J connectivity index is 1.83. The first kappa shape index (κ1) is 14.4. The normalized spacial score (nSPS) is 18.7. The number of nitrogens with one attached hydrogen (secondary N) is 1. The van der Waals surface area contributed by atoms with Gasteiger partial charge in [-0.3, -0.25) is 0 Å². The number of rotatable bonds is 6. The van der Waals surface area contributed by atoms with Crippen LogP contribution in [0.3, 0.4) is 0 Å². The smallest absolute Gasteiger partial charge is 0.0398 e. The van der Waals surface area contributed by atoms with Gasteiger partial charge in [0.15, 0.2) is 0 Å². The van der Waals surface area contributed by atoms with Gasteiger partial charge in [-0.1, -0.05) is 39.0 Å². The predicted molar refractivity (Wildman–Crippen MR) is 83.8 cm³/mol. The summed E-state index contributed by atoms with van der Waals surface area (Å²) in [5.41, 5.74) is 2.99. The molecule has 2 nitrogen and oxygen atoms in total. The van der Waals surface area contributed by atoms with Crippen LogP contribution < -0.4 is 10.2 Å². The first-order valence-electron chi connectivity index (χ1n) is 7.70. The van der Waals surface area contributed by atoms with E-state index in [9.17, 15) is 0 Å². The molecule has 19 heavy (non-hydrogen) atoms. The van der Waals surface area contributed by atoms with Crippen molar-refractivity contribution in [3.8, 4) is 0 Å². The molecule has 0 bridgehead atoms. The number of hydrogen-bond donors (Lipinski definition) is 1. The second-order valence-corrected chi connectivity index (χ2v) is 6.34. The molecule has 1 N–H and O–H groups in total. The van der Waals surface area contributed by atoms with Gasteiger partial charge >= 0.3 is 0 Å². The van der Waals surface area contributed by atoms with Crippen LogP contribution in [0, 0.1) is 11.8 Å². The molecule has 1 aliphatic rings. The Morgan fingerprint density at radius 2 is 2.11 bits per heavy atom. The minimum atomic E-state index is 0.746. The van der Waals surface area contributed by atoms with Crippen molar-refractivity contribution >= 4 is 5.69 Å². The molecule has 0 fully saturated rings. The van der Waals surface area contributed by atoms with Gasteiger partial charge in [0.1, 0.15) is 0 Å². The van der Waals surface area contributed by atoms with Crippen LogP contribution in [0.1, 0.15) is 32.8 Å². The van der Waals surface area contributed by atoms with E-state index in [0.717, 1.165) is 24.9 Å². The number of nitrogens with zero attached hydrogens (tertiary/aromatic N) is 1. The number of anilines is 1. The lowest BCUT2D eigenvalue weighted by atomic mass is 9.94. The lowest BCUT2D eigenvalue weighted by molar-refractivity contribution is 0.508. The molecule has 0 saturated carbocycles. The van der Waals surface area contributed by atoms with Gasteiger partial charge < -0.3 is 10.2 Å². The molecule has 1 aliphatic heterocycles. The van der Waals surface area contributed by atoms with Crippen molar-refractivity contribution in [2.45, 2.75) is 33.6 Å². The molecule has 1 unspecified atom stereocenters. The average molecular weight is 260 g/mol. The summed E-state index contributed by atoms with van der Waals surface area (Å²) in [4.78, 5) is 2.57. The van der Waals surface area contributed by atoms with E-state index in [1.54, 1.807) is 0 Å². The standard InChI is InChI=1S/C17H28N2/c1-14(2)12-18-9-6-10-19-13-15(3)11-16-7-4-5-8-17(16)19/h4-5,7-8,14-15,18H,6,9-13H2,1-3H3. The molecule has 1 atom stereocenters. The Morgan fingerprint density at radius 1 is 1.32 bits per heavy atom. The van der Waals surface area contributed by atoms with E-state index < -0.39 is 0 Å². The van der Waals surface area contributed by atoms with Crippen LogP contribution in [0.15, 0.2) is 24.3 Å². The molecule has 0 radical (unpaired) electrons. The van der Waals surface area contributed by atoms with Crippen LogP contribution >= 0.6 is 0 Å². The lowest BCUT2D eigenvalue weighted by Gasteiger charge is -2.35. The van der Waals surface area contributed by atoms with Crippen LogP contribution in [-0.4, -0.2) is 26.2 Å². The highest BCUT2D eigenvalue weighted by atomic mass is 15.1. The first-order chi connectivity index (χ1) is 9.16. The SMILES string of the molecule is CC(C)CNCCCN1CC(C)Cc2ccccc21. The first-order valence-corrected chi connectivity index (χ1v) is 7.70. The largest absolute Gasteiger partial charge is 0.371 e. The molecule has 1 heterocycles. The van der Waals surface area contributed by atoms with Crippen molar-refractivity contribution in [3.63, 3.8) is 0 Å². The van der Waals surface area contributed by atoms with E-state index in [1.165, 1.54) is 37.2 Å². The fraction of sp³-hybridized carbons (Fsp3) is 0.647. The minimum Gasteiger partial charge on any atom is -0.371 e. The molecular formula is C17H28N2. The maximum atomic E-state index is 3.53. The maximum absolute atomic E-state index is 3.53. The van der Waals surface area contributed by atoms with E-state index in [-0.39, 0.29) is 0 Å². The van der Waals surface area contributed by atoms with Gasteiger partial charge in [0.2, 0.25) is 0 Å². The molecule has 1 aromatic carbocycles. The fourth-order valence-corrected chi connectivity index (χ4v) is 2.90. The average Bonchev–Trinajstić information content (AvgIpc) is 2.37. The Hall–Kier alpha value is -1.02. The number of hydrogen-bond acceptors (Lipinski definition) is 2. The van der Waals surface area contributed by atoms with E-state index in [0.29, 0.717) is 0 Å². The topological polar surface area (TPSA) is 15.3 Å². The molecule has 106 valence electrons. The molecule has 0 aliphatic carbocycles. The Kier molecular flexibility index (Phi) is 5.26. The number of fused-ring (bicyclic) bond motifs is 1. The highest BCUT2D eigenvalue weighted by molar-refractivity contribution is 5.55. The second kappa shape index (κ2) is 6.95. The van der Waals surface area contributed by atoms with Gasteiger partial charge in [-0.15, -0.1) is 0 Å². The number of para-hydroxylation sites is 1. The molecular weight excluding hydrogens is 232 g/mol. The van der Waals surface area contributed by atoms with Crippen molar-refractivity contribution in [2.24, 2.45) is 11.8 Å². The monoisotopic (exact) mass is 260 g/mol. The molecule has 0 saturated heterocycles. The number of benzene rings is 1. The van der Waals surface area contributed by atoms with Gasteiger partial charge in [0.25, 0.3) is 0 Å². The highest BCUT2D eigenvalue weighted by Crippen LogP contribution is 2.29. The van der Waals surface area contributed by atoms with Crippen molar-refractivity contribution in [2.75, 3.05) is 31.1 Å². The van der Waals surface area contributed by atoms with Crippen molar-refractivity contribution in [1.82, 2.24) is 5.32 Å². The van der Waals surface area contributed by atoms with Crippen LogP contribution in [0.4, 0.5) is 5.69 Å². The summed E-state index contributed by atoms with van der Waals surface area (Å²) in [5.74, 6) is 1.52. The minimum absolute atomic E-state index is 0.746. The van der Waals surface area contributed by atoms with Gasteiger partial charge in [0.05, 0.1) is 0 Å². The quantitative estimate of drug-likeness (QED) is 0.789. The predicted octanol–water partition coefficient (Wildman–Crippen LogP) is 3.32. The van der Waals surface area contributed by atoms with E-state index in [4.69, 9.17) is 0 Å². The third kappa shape index (κ3) is 4.24.